The minimum Gasteiger partial charge on any atom is -0.492 e. The average molecular weight is 298 g/mol. The smallest absolute Gasteiger partial charge is 0.319 e. The fraction of sp³-hybridized carbons (Fsp3) is 0.533. The zero-order chi connectivity index (χ0) is 15.9. The molecule has 5 nitrogen and oxygen atoms in total. The van der Waals surface area contributed by atoms with Crippen molar-refractivity contribution in [1.82, 2.24) is 5.32 Å². The lowest BCUT2D eigenvalue weighted by Crippen LogP contribution is -2.37. The Morgan fingerprint density at radius 3 is 2.76 bits per heavy atom. The third-order valence-electron chi connectivity index (χ3n) is 3.01. The van der Waals surface area contributed by atoms with Crippen LogP contribution in [-0.4, -0.2) is 30.9 Å². The maximum Gasteiger partial charge on any atom is 0.319 e. The summed E-state index contributed by atoms with van der Waals surface area (Å²) in [5, 5.41) is 14.3. The van der Waals surface area contributed by atoms with Crippen LogP contribution >= 0.6 is 0 Å². The van der Waals surface area contributed by atoms with E-state index in [4.69, 9.17) is 9.84 Å². The molecule has 0 radical (unpaired) electrons. The van der Waals surface area contributed by atoms with Crippen molar-refractivity contribution in [3.05, 3.63) is 24.0 Å². The van der Waals surface area contributed by atoms with E-state index in [0.29, 0.717) is 31.0 Å². The Labute approximate surface area is 124 Å². The summed E-state index contributed by atoms with van der Waals surface area (Å²) in [6, 6.07) is 3.55. The van der Waals surface area contributed by atoms with Gasteiger partial charge in [-0.2, -0.15) is 0 Å². The summed E-state index contributed by atoms with van der Waals surface area (Å²) in [5.41, 5.74) is 0.216. The fourth-order valence-corrected chi connectivity index (χ4v) is 1.75. The molecule has 0 atom stereocenters. The molecule has 21 heavy (non-hydrogen) atoms. The Morgan fingerprint density at radius 1 is 1.43 bits per heavy atom. The molecular formula is C15H23FN2O3. The normalized spacial score (nSPS) is 11.1. The Bertz CT molecular complexity index is 478. The molecule has 0 heterocycles. The number of aliphatic hydroxyl groups excluding tert-OH is 1. The average Bonchev–Trinajstić information content (AvgIpc) is 2.40. The molecule has 3 N–H and O–H groups in total. The van der Waals surface area contributed by atoms with Gasteiger partial charge in [0.15, 0.2) is 0 Å². The second-order valence-corrected chi connectivity index (χ2v) is 5.52. The SMILES string of the molecule is CCOc1cc(F)ccc1NC(=O)NCC(C)(C)CCO. The Kier molecular flexibility index (Phi) is 6.42. The molecule has 0 aliphatic carbocycles. The molecule has 2 amide bonds. The summed E-state index contributed by atoms with van der Waals surface area (Å²) in [5.74, 6) is -0.129. The highest BCUT2D eigenvalue weighted by molar-refractivity contribution is 5.90. The number of anilines is 1. The zero-order valence-corrected chi connectivity index (χ0v) is 12.7. The molecule has 118 valence electrons. The molecule has 0 unspecified atom stereocenters. The van der Waals surface area contributed by atoms with Crippen molar-refractivity contribution in [2.24, 2.45) is 5.41 Å². The number of benzene rings is 1. The molecule has 0 saturated carbocycles. The highest BCUT2D eigenvalue weighted by Gasteiger charge is 2.18. The molecule has 0 fully saturated rings. The lowest BCUT2D eigenvalue weighted by Gasteiger charge is -2.24. The maximum absolute atomic E-state index is 13.2. The number of hydrogen-bond acceptors (Lipinski definition) is 3. The van der Waals surface area contributed by atoms with Crippen LogP contribution in [0.2, 0.25) is 0 Å². The van der Waals surface area contributed by atoms with Crippen LogP contribution in [0.5, 0.6) is 5.75 Å². The van der Waals surface area contributed by atoms with Gasteiger partial charge < -0.3 is 20.5 Å². The minimum absolute atomic E-state index is 0.0722. The lowest BCUT2D eigenvalue weighted by molar-refractivity contribution is 0.204. The molecule has 0 bridgehead atoms. The van der Waals surface area contributed by atoms with E-state index in [2.05, 4.69) is 10.6 Å². The van der Waals surface area contributed by atoms with Crippen molar-refractivity contribution in [2.45, 2.75) is 27.2 Å². The van der Waals surface area contributed by atoms with Gasteiger partial charge in [-0.15, -0.1) is 0 Å². The summed E-state index contributed by atoms with van der Waals surface area (Å²) >= 11 is 0. The second-order valence-electron chi connectivity index (χ2n) is 5.52. The zero-order valence-electron chi connectivity index (χ0n) is 12.7. The molecule has 0 aliphatic rings. The predicted octanol–water partition coefficient (Wildman–Crippen LogP) is 2.75. The third kappa shape index (κ3) is 5.99. The van der Waals surface area contributed by atoms with Crippen LogP contribution < -0.4 is 15.4 Å². The summed E-state index contributed by atoms with van der Waals surface area (Å²) < 4.78 is 18.5. The predicted molar refractivity (Wildman–Crippen MR) is 80.1 cm³/mol. The van der Waals surface area contributed by atoms with Crippen molar-refractivity contribution < 1.29 is 19.0 Å². The lowest BCUT2D eigenvalue weighted by atomic mass is 9.90. The van der Waals surface area contributed by atoms with Gasteiger partial charge in [0, 0.05) is 19.2 Å². The van der Waals surface area contributed by atoms with Crippen LogP contribution in [0.25, 0.3) is 0 Å². The van der Waals surface area contributed by atoms with Crippen molar-refractivity contribution in [2.75, 3.05) is 25.1 Å². The number of carbonyl (C=O) groups is 1. The molecule has 1 aromatic carbocycles. The number of ether oxygens (including phenoxy) is 1. The van der Waals surface area contributed by atoms with Crippen molar-refractivity contribution in [3.63, 3.8) is 0 Å². The molecule has 1 aromatic rings. The third-order valence-corrected chi connectivity index (χ3v) is 3.01. The van der Waals surface area contributed by atoms with E-state index in [1.165, 1.54) is 18.2 Å². The van der Waals surface area contributed by atoms with Gasteiger partial charge in [-0.1, -0.05) is 13.8 Å². The van der Waals surface area contributed by atoms with Crippen LogP contribution in [0.4, 0.5) is 14.9 Å². The van der Waals surface area contributed by atoms with Crippen LogP contribution in [0, 0.1) is 11.2 Å². The van der Waals surface area contributed by atoms with E-state index in [-0.39, 0.29) is 12.0 Å². The number of aliphatic hydroxyl groups is 1. The van der Waals surface area contributed by atoms with Gasteiger partial charge in [0.05, 0.1) is 12.3 Å². The van der Waals surface area contributed by atoms with Crippen molar-refractivity contribution >= 4 is 11.7 Å². The van der Waals surface area contributed by atoms with Gasteiger partial charge in [-0.3, -0.25) is 0 Å². The van der Waals surface area contributed by atoms with E-state index in [1.54, 1.807) is 6.92 Å². The standard InChI is InChI=1S/C15H23FN2O3/c1-4-21-13-9-11(16)5-6-12(13)18-14(20)17-10-15(2,3)7-8-19/h5-6,9,19H,4,7-8,10H2,1-3H3,(H2,17,18,20). The van der Waals surface area contributed by atoms with Gasteiger partial charge >= 0.3 is 6.03 Å². The van der Waals surface area contributed by atoms with Crippen LogP contribution in [0.1, 0.15) is 27.2 Å². The fourth-order valence-electron chi connectivity index (χ4n) is 1.75. The highest BCUT2D eigenvalue weighted by Crippen LogP contribution is 2.25. The molecular weight excluding hydrogens is 275 g/mol. The van der Waals surface area contributed by atoms with Gasteiger partial charge in [0.1, 0.15) is 11.6 Å². The van der Waals surface area contributed by atoms with Crippen LogP contribution in [0.15, 0.2) is 18.2 Å². The van der Waals surface area contributed by atoms with Crippen LogP contribution in [0.3, 0.4) is 0 Å². The quantitative estimate of drug-likeness (QED) is 0.725. The van der Waals surface area contributed by atoms with Gasteiger partial charge in [-0.05, 0) is 30.9 Å². The van der Waals surface area contributed by atoms with Gasteiger partial charge in [-0.25, -0.2) is 9.18 Å². The first-order chi connectivity index (χ1) is 9.88. The first-order valence-corrected chi connectivity index (χ1v) is 6.96. The number of rotatable bonds is 7. The van der Waals surface area contributed by atoms with E-state index in [1.807, 2.05) is 13.8 Å². The Hall–Kier alpha value is -1.82. The second kappa shape index (κ2) is 7.83. The van der Waals surface area contributed by atoms with E-state index in [0.717, 1.165) is 0 Å². The number of urea groups is 1. The molecule has 0 spiro atoms. The van der Waals surface area contributed by atoms with Gasteiger partial charge in [0.25, 0.3) is 0 Å². The first kappa shape index (κ1) is 17.2. The van der Waals surface area contributed by atoms with Crippen molar-refractivity contribution in [3.8, 4) is 5.75 Å². The number of halogens is 1. The summed E-state index contributed by atoms with van der Waals surface area (Å²) in [6.45, 7) is 6.56. The van der Waals surface area contributed by atoms with E-state index >= 15 is 0 Å². The summed E-state index contributed by atoms with van der Waals surface area (Å²) in [4.78, 5) is 11.9. The highest BCUT2D eigenvalue weighted by atomic mass is 19.1. The van der Waals surface area contributed by atoms with E-state index < -0.39 is 11.8 Å². The topological polar surface area (TPSA) is 70.6 Å². The Morgan fingerprint density at radius 2 is 2.14 bits per heavy atom. The van der Waals surface area contributed by atoms with Gasteiger partial charge in [0.2, 0.25) is 0 Å². The maximum atomic E-state index is 13.2. The first-order valence-electron chi connectivity index (χ1n) is 6.96. The minimum atomic E-state index is -0.423. The molecule has 0 aromatic heterocycles. The largest absolute Gasteiger partial charge is 0.492 e. The molecule has 1 rings (SSSR count). The number of hydrogen-bond donors (Lipinski definition) is 3. The molecule has 6 heteroatoms. The molecule has 0 saturated heterocycles. The number of amides is 2. The molecule has 0 aliphatic heterocycles. The van der Waals surface area contributed by atoms with Crippen molar-refractivity contribution in [1.29, 1.82) is 0 Å². The number of carbonyl (C=O) groups excluding carboxylic acids is 1. The monoisotopic (exact) mass is 298 g/mol. The van der Waals surface area contributed by atoms with Crippen LogP contribution in [-0.2, 0) is 0 Å². The summed E-state index contributed by atoms with van der Waals surface area (Å²) in [6.07, 6.45) is 0.591. The van der Waals surface area contributed by atoms with E-state index in [9.17, 15) is 9.18 Å². The Balaban J connectivity index is 2.62. The number of nitrogens with one attached hydrogen (secondary N) is 2. The summed E-state index contributed by atoms with van der Waals surface area (Å²) in [7, 11) is 0.